The van der Waals surface area contributed by atoms with Crippen LogP contribution >= 0.6 is 0 Å². The molecule has 0 nitrogen and oxygen atoms in total. The fraction of sp³-hybridized carbons (Fsp3) is 0.143. The lowest BCUT2D eigenvalue weighted by Gasteiger charge is -1.99. The second-order valence-electron chi connectivity index (χ2n) is 2.19. The Morgan fingerprint density at radius 2 is 1.73 bits per heavy atom. The van der Waals surface area contributed by atoms with Crippen LogP contribution in [0.3, 0.4) is 0 Å². The molecule has 0 amide bonds. The zero-order chi connectivity index (χ0) is 8.43. The second-order valence-corrected chi connectivity index (χ2v) is 2.90. The molecule has 0 heterocycles. The summed E-state index contributed by atoms with van der Waals surface area (Å²) in [5.41, 5.74) is 0.260. The van der Waals surface area contributed by atoms with Gasteiger partial charge in [-0.05, 0) is 17.7 Å². The van der Waals surface area contributed by atoms with Crippen LogP contribution in [0, 0.1) is 17.5 Å². The van der Waals surface area contributed by atoms with E-state index in [0.29, 0.717) is 6.04 Å². The van der Waals surface area contributed by atoms with Crippen molar-refractivity contribution in [1.29, 1.82) is 0 Å². The maximum absolute atomic E-state index is 12.7. The molecule has 0 saturated carbocycles. The van der Waals surface area contributed by atoms with E-state index in [1.807, 2.05) is 0 Å². The van der Waals surface area contributed by atoms with Gasteiger partial charge in [-0.1, -0.05) is 6.07 Å². The number of hydrogen-bond acceptors (Lipinski definition) is 0. The average Bonchev–Trinajstić information content (AvgIpc) is 2.01. The smallest absolute Gasteiger partial charge is 0.194 e. The minimum Gasteiger partial charge on any atom is -0.204 e. The topological polar surface area (TPSA) is 0 Å². The van der Waals surface area contributed by atoms with Gasteiger partial charge in [0.15, 0.2) is 17.5 Å². The Morgan fingerprint density at radius 1 is 1.09 bits per heavy atom. The highest BCUT2D eigenvalue weighted by Gasteiger charge is 2.10. The van der Waals surface area contributed by atoms with Gasteiger partial charge < -0.3 is 0 Å². The minimum atomic E-state index is -1.36. The number of halogens is 3. The van der Waals surface area contributed by atoms with Crippen molar-refractivity contribution in [3.05, 3.63) is 35.1 Å². The molecule has 0 aliphatic rings. The van der Waals surface area contributed by atoms with E-state index in [0.717, 1.165) is 16.3 Å². The van der Waals surface area contributed by atoms with Gasteiger partial charge in [0.2, 0.25) is 0 Å². The second kappa shape index (κ2) is 3.09. The maximum atomic E-state index is 12.7. The van der Waals surface area contributed by atoms with Gasteiger partial charge in [-0.25, -0.2) is 13.2 Å². The SMILES string of the molecule is Fc1ccc(C[SiH3])c(F)c1F. The van der Waals surface area contributed by atoms with E-state index in [2.05, 4.69) is 0 Å². The van der Waals surface area contributed by atoms with Crippen LogP contribution in [0.25, 0.3) is 0 Å². The largest absolute Gasteiger partial charge is 0.204 e. The Morgan fingerprint density at radius 3 is 2.27 bits per heavy atom. The van der Waals surface area contributed by atoms with Crippen LogP contribution in [0.5, 0.6) is 0 Å². The van der Waals surface area contributed by atoms with Gasteiger partial charge in [0, 0.05) is 10.2 Å². The van der Waals surface area contributed by atoms with Gasteiger partial charge in [-0.2, -0.15) is 0 Å². The third-order valence-electron chi connectivity index (χ3n) is 1.50. The summed E-state index contributed by atoms with van der Waals surface area (Å²) in [7, 11) is 0.742. The fourth-order valence-electron chi connectivity index (χ4n) is 0.839. The fourth-order valence-corrected chi connectivity index (χ4v) is 1.39. The molecule has 4 heteroatoms. The molecule has 0 spiro atoms. The molecule has 1 aromatic rings. The van der Waals surface area contributed by atoms with Gasteiger partial charge in [-0.15, -0.1) is 0 Å². The highest BCUT2D eigenvalue weighted by molar-refractivity contribution is 6.08. The zero-order valence-electron chi connectivity index (χ0n) is 6.00. The molecule has 0 aliphatic heterocycles. The molecule has 0 N–H and O–H groups in total. The molecular formula is C7H7F3Si. The number of rotatable bonds is 1. The van der Waals surface area contributed by atoms with Crippen LogP contribution in [0.2, 0.25) is 0 Å². The Labute approximate surface area is 65.5 Å². The van der Waals surface area contributed by atoms with Gasteiger partial charge in [0.25, 0.3) is 0 Å². The van der Waals surface area contributed by atoms with Gasteiger partial charge in [-0.3, -0.25) is 0 Å². The van der Waals surface area contributed by atoms with Crippen LogP contribution in [-0.4, -0.2) is 10.2 Å². The first-order valence-corrected chi connectivity index (χ1v) is 4.70. The first-order valence-electron chi connectivity index (χ1n) is 3.29. The third kappa shape index (κ3) is 1.45. The quantitative estimate of drug-likeness (QED) is 0.442. The summed E-state index contributed by atoms with van der Waals surface area (Å²) in [5, 5.41) is 0. The number of hydrogen-bond donors (Lipinski definition) is 0. The molecule has 0 unspecified atom stereocenters. The van der Waals surface area contributed by atoms with Crippen molar-refractivity contribution in [2.75, 3.05) is 0 Å². The van der Waals surface area contributed by atoms with Crippen molar-refractivity contribution in [1.82, 2.24) is 0 Å². The van der Waals surface area contributed by atoms with E-state index >= 15 is 0 Å². The summed E-state index contributed by atoms with van der Waals surface area (Å²) in [6.45, 7) is 0. The molecule has 0 bridgehead atoms. The number of benzene rings is 1. The van der Waals surface area contributed by atoms with E-state index in [-0.39, 0.29) is 5.56 Å². The highest BCUT2D eigenvalue weighted by atomic mass is 28.1. The predicted molar refractivity (Wildman–Crippen MR) is 40.0 cm³/mol. The monoisotopic (exact) mass is 176 g/mol. The highest BCUT2D eigenvalue weighted by Crippen LogP contribution is 2.14. The molecule has 0 fully saturated rings. The van der Waals surface area contributed by atoms with Crippen molar-refractivity contribution in [2.24, 2.45) is 0 Å². The van der Waals surface area contributed by atoms with Crippen LogP contribution in [0.4, 0.5) is 13.2 Å². The van der Waals surface area contributed by atoms with E-state index in [9.17, 15) is 13.2 Å². The van der Waals surface area contributed by atoms with Crippen LogP contribution in [0.15, 0.2) is 12.1 Å². The Bertz CT molecular complexity index is 273. The molecule has 1 rings (SSSR count). The van der Waals surface area contributed by atoms with Crippen LogP contribution in [0.1, 0.15) is 5.56 Å². The van der Waals surface area contributed by atoms with E-state index in [4.69, 9.17) is 0 Å². The predicted octanol–water partition coefficient (Wildman–Crippen LogP) is 0.969. The van der Waals surface area contributed by atoms with Gasteiger partial charge in [0.05, 0.1) is 0 Å². The summed E-state index contributed by atoms with van der Waals surface area (Å²) in [6, 6.07) is 2.73. The average molecular weight is 176 g/mol. The van der Waals surface area contributed by atoms with Crippen LogP contribution < -0.4 is 0 Å². The molecule has 0 aliphatic carbocycles. The molecule has 0 aromatic heterocycles. The lowest BCUT2D eigenvalue weighted by atomic mass is 10.2. The van der Waals surface area contributed by atoms with Gasteiger partial charge in [0.1, 0.15) is 0 Å². The van der Waals surface area contributed by atoms with Crippen molar-refractivity contribution >= 4 is 10.2 Å². The van der Waals surface area contributed by atoms with Crippen molar-refractivity contribution < 1.29 is 13.2 Å². The molecule has 60 valence electrons. The molecule has 11 heavy (non-hydrogen) atoms. The maximum Gasteiger partial charge on any atom is 0.194 e. The summed E-state index contributed by atoms with van der Waals surface area (Å²) < 4.78 is 37.4. The first-order chi connectivity index (χ1) is 5.16. The Hall–Kier alpha value is -0.773. The molecule has 0 atom stereocenters. The Kier molecular flexibility index (Phi) is 2.33. The van der Waals surface area contributed by atoms with Crippen molar-refractivity contribution in [3.8, 4) is 0 Å². The molecule has 0 saturated heterocycles. The Balaban J connectivity index is 3.25. The van der Waals surface area contributed by atoms with Crippen molar-refractivity contribution in [2.45, 2.75) is 6.04 Å². The molecule has 0 radical (unpaired) electrons. The van der Waals surface area contributed by atoms with E-state index < -0.39 is 17.5 Å². The lowest BCUT2D eigenvalue weighted by Crippen LogP contribution is -1.97. The normalized spacial score (nSPS) is 10.5. The van der Waals surface area contributed by atoms with E-state index in [1.54, 1.807) is 0 Å². The van der Waals surface area contributed by atoms with Gasteiger partial charge >= 0.3 is 0 Å². The minimum absolute atomic E-state index is 0.260. The summed E-state index contributed by atoms with van der Waals surface area (Å²) in [5.74, 6) is -3.53. The summed E-state index contributed by atoms with van der Waals surface area (Å²) in [6.07, 6.45) is 0. The van der Waals surface area contributed by atoms with Crippen molar-refractivity contribution in [3.63, 3.8) is 0 Å². The molecule has 1 aromatic carbocycles. The van der Waals surface area contributed by atoms with Crippen LogP contribution in [-0.2, 0) is 6.04 Å². The summed E-state index contributed by atoms with van der Waals surface area (Å²) >= 11 is 0. The standard InChI is InChI=1S/C7H7F3Si/c8-5-2-1-4(3-11)6(9)7(5)10/h1-2H,3H2,11H3. The third-order valence-corrected chi connectivity index (χ3v) is 2.26. The first kappa shape index (κ1) is 8.32. The zero-order valence-corrected chi connectivity index (χ0v) is 8.00. The lowest BCUT2D eigenvalue weighted by molar-refractivity contribution is 0.443. The summed E-state index contributed by atoms with van der Waals surface area (Å²) in [4.78, 5) is 0. The molecular weight excluding hydrogens is 169 g/mol. The van der Waals surface area contributed by atoms with E-state index in [1.165, 1.54) is 6.07 Å².